The molecule has 0 spiro atoms. The highest BCUT2D eigenvalue weighted by Gasteiger charge is 2.18. The van der Waals surface area contributed by atoms with Crippen LogP contribution in [0.25, 0.3) is 0 Å². The first-order valence-electron chi connectivity index (χ1n) is 6.46. The van der Waals surface area contributed by atoms with Crippen molar-refractivity contribution in [1.29, 1.82) is 0 Å². The molecule has 6 heteroatoms. The van der Waals surface area contributed by atoms with Crippen LogP contribution in [0.4, 0.5) is 0 Å². The van der Waals surface area contributed by atoms with E-state index in [1.165, 1.54) is 0 Å². The average Bonchev–Trinajstić information content (AvgIpc) is 2.98. The van der Waals surface area contributed by atoms with Gasteiger partial charge in [-0.2, -0.15) is 0 Å². The van der Waals surface area contributed by atoms with Crippen LogP contribution in [0.2, 0.25) is 0 Å². The third kappa shape index (κ3) is 3.59. The summed E-state index contributed by atoms with van der Waals surface area (Å²) in [4.78, 5) is 25.6. The molecule has 5 nitrogen and oxygen atoms in total. The number of rotatable bonds is 4. The van der Waals surface area contributed by atoms with E-state index < -0.39 is 0 Å². The van der Waals surface area contributed by atoms with Crippen molar-refractivity contribution < 1.29 is 9.59 Å². The molecule has 0 saturated carbocycles. The number of aryl methyl sites for hydroxylation is 1. The molecular weight excluding hydrogens is 310 g/mol. The van der Waals surface area contributed by atoms with Crippen molar-refractivity contribution in [3.05, 3.63) is 22.4 Å². The quantitative estimate of drug-likeness (QED) is 0.911. The number of carbonyl (C=O) groups is 2. The summed E-state index contributed by atoms with van der Waals surface area (Å²) in [5, 5.41) is 2.78. The zero-order valence-corrected chi connectivity index (χ0v) is 12.6. The van der Waals surface area contributed by atoms with Gasteiger partial charge in [0.25, 0.3) is 5.91 Å². The number of hydrogen-bond acceptors (Lipinski definition) is 2. The van der Waals surface area contributed by atoms with E-state index in [1.54, 1.807) is 10.6 Å². The highest BCUT2D eigenvalue weighted by molar-refractivity contribution is 9.10. The first kappa shape index (κ1) is 14.1. The van der Waals surface area contributed by atoms with Gasteiger partial charge in [0.2, 0.25) is 5.91 Å². The van der Waals surface area contributed by atoms with Crippen LogP contribution in [0.5, 0.6) is 0 Å². The van der Waals surface area contributed by atoms with Crippen LogP contribution in [-0.4, -0.2) is 40.9 Å². The number of halogens is 1. The van der Waals surface area contributed by atoms with Gasteiger partial charge in [0.1, 0.15) is 5.69 Å². The predicted molar refractivity (Wildman–Crippen MR) is 75.9 cm³/mol. The SMILES string of the molecule is Cn1cc(Br)cc1C(=O)NCCC(=O)N1CCCC1. The summed E-state index contributed by atoms with van der Waals surface area (Å²) < 4.78 is 2.62. The first-order chi connectivity index (χ1) is 9.08. The molecule has 2 amide bonds. The minimum atomic E-state index is -0.151. The number of carbonyl (C=O) groups excluding carboxylic acids is 2. The molecule has 2 heterocycles. The van der Waals surface area contributed by atoms with E-state index >= 15 is 0 Å². The topological polar surface area (TPSA) is 54.3 Å². The second-order valence-corrected chi connectivity index (χ2v) is 5.66. The van der Waals surface area contributed by atoms with E-state index in [4.69, 9.17) is 0 Å². The van der Waals surface area contributed by atoms with Gasteiger partial charge in [-0.05, 0) is 34.8 Å². The number of nitrogens with zero attached hydrogens (tertiary/aromatic N) is 2. The number of nitrogens with one attached hydrogen (secondary N) is 1. The Morgan fingerprint density at radius 3 is 2.63 bits per heavy atom. The van der Waals surface area contributed by atoms with Crippen LogP contribution < -0.4 is 5.32 Å². The Bertz CT molecular complexity index is 478. The predicted octanol–water partition coefficient (Wildman–Crippen LogP) is 1.53. The molecule has 1 aliphatic rings. The maximum atomic E-state index is 11.9. The van der Waals surface area contributed by atoms with E-state index in [1.807, 2.05) is 18.1 Å². The van der Waals surface area contributed by atoms with Gasteiger partial charge in [0.15, 0.2) is 0 Å². The van der Waals surface area contributed by atoms with E-state index in [2.05, 4.69) is 21.2 Å². The zero-order valence-electron chi connectivity index (χ0n) is 11.0. The van der Waals surface area contributed by atoms with Crippen molar-refractivity contribution in [2.75, 3.05) is 19.6 Å². The summed E-state index contributed by atoms with van der Waals surface area (Å²) in [6.07, 6.45) is 4.38. The third-order valence-corrected chi connectivity index (χ3v) is 3.72. The fourth-order valence-corrected chi connectivity index (χ4v) is 2.77. The maximum absolute atomic E-state index is 11.9. The second kappa shape index (κ2) is 6.23. The minimum Gasteiger partial charge on any atom is -0.350 e. The molecule has 1 saturated heterocycles. The van der Waals surface area contributed by atoms with Crippen molar-refractivity contribution in [2.45, 2.75) is 19.3 Å². The number of likely N-dealkylation sites (tertiary alicyclic amines) is 1. The lowest BCUT2D eigenvalue weighted by molar-refractivity contribution is -0.129. The van der Waals surface area contributed by atoms with Gasteiger partial charge >= 0.3 is 0 Å². The van der Waals surface area contributed by atoms with Crippen LogP contribution in [0.1, 0.15) is 29.8 Å². The summed E-state index contributed by atoms with van der Waals surface area (Å²) in [5.41, 5.74) is 0.584. The molecule has 0 aliphatic carbocycles. The Kier molecular flexibility index (Phi) is 4.63. The van der Waals surface area contributed by atoms with E-state index in [0.29, 0.717) is 18.7 Å². The molecule has 1 aromatic rings. The minimum absolute atomic E-state index is 0.130. The number of amides is 2. The highest BCUT2D eigenvalue weighted by Crippen LogP contribution is 2.13. The lowest BCUT2D eigenvalue weighted by Crippen LogP contribution is -2.33. The van der Waals surface area contributed by atoms with Crippen LogP contribution in [0.3, 0.4) is 0 Å². The molecule has 1 fully saturated rings. The number of hydrogen-bond donors (Lipinski definition) is 1. The molecule has 0 aromatic carbocycles. The smallest absolute Gasteiger partial charge is 0.267 e. The molecule has 1 N–H and O–H groups in total. The maximum Gasteiger partial charge on any atom is 0.267 e. The van der Waals surface area contributed by atoms with Gasteiger partial charge in [0, 0.05) is 43.8 Å². The van der Waals surface area contributed by atoms with Crippen LogP contribution >= 0.6 is 15.9 Å². The van der Waals surface area contributed by atoms with Crippen molar-refractivity contribution in [3.63, 3.8) is 0 Å². The molecule has 1 aromatic heterocycles. The van der Waals surface area contributed by atoms with Crippen molar-refractivity contribution in [2.24, 2.45) is 7.05 Å². The summed E-state index contributed by atoms with van der Waals surface area (Å²) in [6.45, 7) is 2.10. The second-order valence-electron chi connectivity index (χ2n) is 4.75. The molecule has 19 heavy (non-hydrogen) atoms. The van der Waals surface area contributed by atoms with Gasteiger partial charge in [-0.1, -0.05) is 0 Å². The van der Waals surface area contributed by atoms with Crippen molar-refractivity contribution in [1.82, 2.24) is 14.8 Å². The largest absolute Gasteiger partial charge is 0.350 e. The highest BCUT2D eigenvalue weighted by atomic mass is 79.9. The monoisotopic (exact) mass is 327 g/mol. The molecule has 0 unspecified atom stereocenters. The lowest BCUT2D eigenvalue weighted by atomic mass is 10.3. The lowest BCUT2D eigenvalue weighted by Gasteiger charge is -2.15. The van der Waals surface area contributed by atoms with Gasteiger partial charge in [0.05, 0.1) is 0 Å². The Balaban J connectivity index is 1.77. The van der Waals surface area contributed by atoms with Gasteiger partial charge < -0.3 is 14.8 Å². The Morgan fingerprint density at radius 1 is 1.37 bits per heavy atom. The zero-order chi connectivity index (χ0) is 13.8. The summed E-state index contributed by atoms with van der Waals surface area (Å²) in [5.74, 6) is -0.0201. The normalized spacial score (nSPS) is 14.7. The molecule has 0 bridgehead atoms. The average molecular weight is 328 g/mol. The Morgan fingerprint density at radius 2 is 2.05 bits per heavy atom. The first-order valence-corrected chi connectivity index (χ1v) is 7.25. The fourth-order valence-electron chi connectivity index (χ4n) is 2.25. The van der Waals surface area contributed by atoms with Gasteiger partial charge in [-0.3, -0.25) is 9.59 Å². The fraction of sp³-hybridized carbons (Fsp3) is 0.538. The van der Waals surface area contributed by atoms with Crippen LogP contribution in [-0.2, 0) is 11.8 Å². The number of aromatic nitrogens is 1. The molecular formula is C13H18BrN3O2. The molecule has 104 valence electrons. The Labute approximate surface area is 121 Å². The summed E-state index contributed by atoms with van der Waals surface area (Å²) in [7, 11) is 1.81. The summed E-state index contributed by atoms with van der Waals surface area (Å²) in [6, 6.07) is 1.76. The Hall–Kier alpha value is -1.30. The molecule has 0 radical (unpaired) electrons. The van der Waals surface area contributed by atoms with Crippen LogP contribution in [0.15, 0.2) is 16.7 Å². The molecule has 2 rings (SSSR count). The van der Waals surface area contributed by atoms with Crippen LogP contribution in [0, 0.1) is 0 Å². The van der Waals surface area contributed by atoms with Gasteiger partial charge in [-0.15, -0.1) is 0 Å². The standard InChI is InChI=1S/C13H18BrN3O2/c1-16-9-10(14)8-11(16)13(19)15-5-4-12(18)17-6-2-3-7-17/h8-9H,2-7H2,1H3,(H,15,19). The van der Waals surface area contributed by atoms with Gasteiger partial charge in [-0.25, -0.2) is 0 Å². The third-order valence-electron chi connectivity index (χ3n) is 3.29. The molecule has 1 aliphatic heterocycles. The molecule has 0 atom stereocenters. The van der Waals surface area contributed by atoms with Crippen molar-refractivity contribution >= 4 is 27.7 Å². The van der Waals surface area contributed by atoms with E-state index in [0.717, 1.165) is 30.4 Å². The summed E-state index contributed by atoms with van der Waals surface area (Å²) >= 11 is 3.33. The van der Waals surface area contributed by atoms with E-state index in [9.17, 15) is 9.59 Å². The van der Waals surface area contributed by atoms with E-state index in [-0.39, 0.29) is 11.8 Å². The van der Waals surface area contributed by atoms with Crippen molar-refractivity contribution in [3.8, 4) is 0 Å².